The van der Waals surface area contributed by atoms with Crippen molar-refractivity contribution in [2.75, 3.05) is 6.54 Å². The molecule has 0 aromatic heterocycles. The van der Waals surface area contributed by atoms with Gasteiger partial charge < -0.3 is 10.8 Å². The Kier molecular flexibility index (Phi) is 2.71. The lowest BCUT2D eigenvalue weighted by atomic mass is 10.0. The van der Waals surface area contributed by atoms with Crippen molar-refractivity contribution in [3.63, 3.8) is 0 Å². The molecule has 0 amide bonds. The predicted octanol–water partition coefficient (Wildman–Crippen LogP) is 1.51. The Balaban J connectivity index is 3.04. The summed E-state index contributed by atoms with van der Waals surface area (Å²) in [5, 5.41) is 9.47. The molecule has 1 rings (SSSR count). The first-order valence-corrected chi connectivity index (χ1v) is 4.14. The van der Waals surface area contributed by atoms with Crippen LogP contribution in [-0.4, -0.2) is 11.7 Å². The number of benzene rings is 1. The van der Waals surface area contributed by atoms with Crippen molar-refractivity contribution in [3.8, 4) is 5.75 Å². The van der Waals surface area contributed by atoms with Crippen LogP contribution in [0.3, 0.4) is 0 Å². The highest BCUT2D eigenvalue weighted by atomic mass is 16.3. The van der Waals surface area contributed by atoms with Gasteiger partial charge in [-0.1, -0.05) is 6.07 Å². The average molecular weight is 165 g/mol. The first kappa shape index (κ1) is 9.07. The Labute approximate surface area is 73.0 Å². The van der Waals surface area contributed by atoms with Gasteiger partial charge in [0.2, 0.25) is 0 Å². The fourth-order valence-electron chi connectivity index (χ4n) is 1.22. The molecule has 12 heavy (non-hydrogen) atoms. The second-order valence-corrected chi connectivity index (χ2v) is 3.10. The van der Waals surface area contributed by atoms with E-state index in [0.717, 1.165) is 23.1 Å². The molecule has 0 aliphatic rings. The van der Waals surface area contributed by atoms with Gasteiger partial charge in [0.05, 0.1) is 0 Å². The molecule has 0 heterocycles. The topological polar surface area (TPSA) is 46.2 Å². The van der Waals surface area contributed by atoms with Gasteiger partial charge in [-0.15, -0.1) is 0 Å². The lowest BCUT2D eigenvalue weighted by Crippen LogP contribution is -2.03. The molecule has 0 unspecified atom stereocenters. The standard InChI is InChI=1S/C10H15NO/c1-7-5-9(3-4-11)6-10(12)8(7)2/h5-6,12H,3-4,11H2,1-2H3. The van der Waals surface area contributed by atoms with Crippen LogP contribution in [0.15, 0.2) is 12.1 Å². The third-order valence-corrected chi connectivity index (χ3v) is 2.13. The summed E-state index contributed by atoms with van der Waals surface area (Å²) in [6.07, 6.45) is 0.828. The van der Waals surface area contributed by atoms with Gasteiger partial charge >= 0.3 is 0 Å². The molecule has 2 heteroatoms. The molecule has 0 aliphatic carbocycles. The smallest absolute Gasteiger partial charge is 0.119 e. The molecule has 1 aromatic carbocycles. The van der Waals surface area contributed by atoms with Gasteiger partial charge in [0.15, 0.2) is 0 Å². The van der Waals surface area contributed by atoms with Crippen molar-refractivity contribution >= 4 is 0 Å². The van der Waals surface area contributed by atoms with Crippen LogP contribution >= 0.6 is 0 Å². The molecule has 3 N–H and O–H groups in total. The van der Waals surface area contributed by atoms with E-state index in [4.69, 9.17) is 5.73 Å². The maximum Gasteiger partial charge on any atom is 0.119 e. The van der Waals surface area contributed by atoms with Gasteiger partial charge in [0, 0.05) is 0 Å². The van der Waals surface area contributed by atoms with Crippen LogP contribution in [0.2, 0.25) is 0 Å². The molecule has 0 saturated carbocycles. The Morgan fingerprint density at radius 1 is 1.33 bits per heavy atom. The molecule has 0 radical (unpaired) electrons. The molecule has 1 aromatic rings. The number of rotatable bonds is 2. The zero-order valence-electron chi connectivity index (χ0n) is 7.59. The number of nitrogens with two attached hydrogens (primary N) is 1. The van der Waals surface area contributed by atoms with E-state index in [0.29, 0.717) is 12.3 Å². The van der Waals surface area contributed by atoms with E-state index in [1.165, 1.54) is 0 Å². The van der Waals surface area contributed by atoms with Gasteiger partial charge in [-0.3, -0.25) is 0 Å². The van der Waals surface area contributed by atoms with E-state index in [9.17, 15) is 5.11 Å². The molecule has 0 atom stereocenters. The maximum atomic E-state index is 9.47. The van der Waals surface area contributed by atoms with Crippen LogP contribution in [0.25, 0.3) is 0 Å². The van der Waals surface area contributed by atoms with Crippen molar-refractivity contribution in [3.05, 3.63) is 28.8 Å². The molecular formula is C10H15NO. The minimum atomic E-state index is 0.374. The lowest BCUT2D eigenvalue weighted by Gasteiger charge is -2.06. The van der Waals surface area contributed by atoms with E-state index in [-0.39, 0.29) is 0 Å². The third kappa shape index (κ3) is 1.77. The lowest BCUT2D eigenvalue weighted by molar-refractivity contribution is 0.469. The minimum absolute atomic E-state index is 0.374. The van der Waals surface area contributed by atoms with Crippen LogP contribution in [0, 0.1) is 13.8 Å². The largest absolute Gasteiger partial charge is 0.508 e. The third-order valence-electron chi connectivity index (χ3n) is 2.13. The summed E-state index contributed by atoms with van der Waals surface area (Å²) in [6, 6.07) is 3.86. The molecule has 0 spiro atoms. The Hall–Kier alpha value is -1.02. The zero-order valence-corrected chi connectivity index (χ0v) is 7.59. The van der Waals surface area contributed by atoms with Gasteiger partial charge in [0.25, 0.3) is 0 Å². The molecule has 0 aliphatic heterocycles. The van der Waals surface area contributed by atoms with Gasteiger partial charge in [-0.2, -0.15) is 0 Å². The summed E-state index contributed by atoms with van der Waals surface area (Å²) in [5.74, 6) is 0.374. The molecule has 0 saturated heterocycles. The van der Waals surface area contributed by atoms with E-state index >= 15 is 0 Å². The second-order valence-electron chi connectivity index (χ2n) is 3.10. The van der Waals surface area contributed by atoms with Crippen LogP contribution in [0.4, 0.5) is 0 Å². The van der Waals surface area contributed by atoms with E-state index < -0.39 is 0 Å². The van der Waals surface area contributed by atoms with Crippen LogP contribution in [-0.2, 0) is 6.42 Å². The SMILES string of the molecule is Cc1cc(CCN)cc(O)c1C. The second kappa shape index (κ2) is 3.59. The summed E-state index contributed by atoms with van der Waals surface area (Å²) in [4.78, 5) is 0. The monoisotopic (exact) mass is 165 g/mol. The molecule has 0 fully saturated rings. The van der Waals surface area contributed by atoms with Crippen molar-refractivity contribution in [1.82, 2.24) is 0 Å². The van der Waals surface area contributed by atoms with Gasteiger partial charge in [-0.05, 0) is 49.6 Å². The highest BCUT2D eigenvalue weighted by Crippen LogP contribution is 2.21. The number of hydrogen-bond acceptors (Lipinski definition) is 2. The summed E-state index contributed by atoms with van der Waals surface area (Å²) in [7, 11) is 0. The number of aromatic hydroxyl groups is 1. The van der Waals surface area contributed by atoms with Gasteiger partial charge in [-0.25, -0.2) is 0 Å². The fraction of sp³-hybridized carbons (Fsp3) is 0.400. The van der Waals surface area contributed by atoms with E-state index in [2.05, 4.69) is 6.07 Å². The Morgan fingerprint density at radius 3 is 2.50 bits per heavy atom. The van der Waals surface area contributed by atoms with Crippen molar-refractivity contribution in [1.29, 1.82) is 0 Å². The van der Waals surface area contributed by atoms with Crippen molar-refractivity contribution < 1.29 is 5.11 Å². The Bertz CT molecular complexity index is 258. The zero-order chi connectivity index (χ0) is 9.14. The van der Waals surface area contributed by atoms with Crippen LogP contribution < -0.4 is 5.73 Å². The summed E-state index contributed by atoms with van der Waals surface area (Å²) in [5.41, 5.74) is 8.60. The quantitative estimate of drug-likeness (QED) is 0.697. The number of aryl methyl sites for hydroxylation is 1. The van der Waals surface area contributed by atoms with Crippen LogP contribution in [0.1, 0.15) is 16.7 Å². The maximum absolute atomic E-state index is 9.47. The molecule has 2 nitrogen and oxygen atoms in total. The summed E-state index contributed by atoms with van der Waals surface area (Å²) < 4.78 is 0. The minimum Gasteiger partial charge on any atom is -0.508 e. The predicted molar refractivity (Wildman–Crippen MR) is 50.3 cm³/mol. The molecule has 0 bridgehead atoms. The molecular weight excluding hydrogens is 150 g/mol. The van der Waals surface area contributed by atoms with E-state index in [1.807, 2.05) is 13.8 Å². The number of phenolic OH excluding ortho intramolecular Hbond substituents is 1. The normalized spacial score (nSPS) is 10.2. The molecule has 66 valence electrons. The summed E-state index contributed by atoms with van der Waals surface area (Å²) >= 11 is 0. The van der Waals surface area contributed by atoms with Crippen molar-refractivity contribution in [2.24, 2.45) is 5.73 Å². The highest BCUT2D eigenvalue weighted by molar-refractivity contribution is 5.41. The van der Waals surface area contributed by atoms with Crippen LogP contribution in [0.5, 0.6) is 5.75 Å². The average Bonchev–Trinajstić information content (AvgIpc) is 2.01. The fourth-order valence-corrected chi connectivity index (χ4v) is 1.22. The number of hydrogen-bond donors (Lipinski definition) is 2. The Morgan fingerprint density at radius 2 is 2.00 bits per heavy atom. The van der Waals surface area contributed by atoms with Crippen molar-refractivity contribution in [2.45, 2.75) is 20.3 Å². The number of phenols is 1. The first-order valence-electron chi connectivity index (χ1n) is 4.14. The van der Waals surface area contributed by atoms with E-state index in [1.54, 1.807) is 6.07 Å². The van der Waals surface area contributed by atoms with Gasteiger partial charge in [0.1, 0.15) is 5.75 Å². The summed E-state index contributed by atoms with van der Waals surface area (Å²) in [6.45, 7) is 4.54. The highest BCUT2D eigenvalue weighted by Gasteiger charge is 2.01. The first-order chi connectivity index (χ1) is 5.65.